The van der Waals surface area contributed by atoms with E-state index in [0.717, 1.165) is 17.1 Å². The molecule has 1 heterocycles. The van der Waals surface area contributed by atoms with Crippen LogP contribution in [0.2, 0.25) is 0 Å². The van der Waals surface area contributed by atoms with Crippen molar-refractivity contribution in [3.8, 4) is 22.6 Å². The fourth-order valence-electron chi connectivity index (χ4n) is 4.40. The van der Waals surface area contributed by atoms with Gasteiger partial charge in [0, 0.05) is 22.1 Å². The molecule has 0 saturated heterocycles. The van der Waals surface area contributed by atoms with Crippen molar-refractivity contribution < 1.29 is 4.74 Å². The number of fused-ring (bicyclic) bond motifs is 4. The summed E-state index contributed by atoms with van der Waals surface area (Å²) < 4.78 is 6.55. The van der Waals surface area contributed by atoms with Crippen LogP contribution in [0.3, 0.4) is 0 Å². The van der Waals surface area contributed by atoms with Crippen LogP contribution in [0.15, 0.2) is 78.9 Å². The molecule has 0 fully saturated rings. The zero-order valence-electron chi connectivity index (χ0n) is 15.9. The Kier molecular flexibility index (Phi) is 3.42. The Hall–Kier alpha value is -3.06. The van der Waals surface area contributed by atoms with Crippen LogP contribution in [-0.4, -0.2) is 0 Å². The standard InChI is InChI=1S/C26H22O/c1-17-8-6-10-19(16-17)21-12-7-13-22-25(21)27-23-15-14-18-9-4-5-11-20(18)24(23)26(22,2)3/h4-16H,1-3H3. The average Bonchev–Trinajstić information content (AvgIpc) is 2.67. The lowest BCUT2D eigenvalue weighted by molar-refractivity contribution is 0.422. The highest BCUT2D eigenvalue weighted by molar-refractivity contribution is 5.91. The molecule has 0 aromatic heterocycles. The van der Waals surface area contributed by atoms with Crippen LogP contribution in [-0.2, 0) is 5.41 Å². The first-order valence-electron chi connectivity index (χ1n) is 9.46. The Bertz CT molecular complexity index is 1180. The third-order valence-electron chi connectivity index (χ3n) is 5.75. The molecule has 27 heavy (non-hydrogen) atoms. The molecule has 0 atom stereocenters. The van der Waals surface area contributed by atoms with Crippen molar-refractivity contribution in [3.05, 3.63) is 95.6 Å². The number of hydrogen-bond acceptors (Lipinski definition) is 1. The maximum Gasteiger partial charge on any atom is 0.139 e. The molecule has 132 valence electrons. The zero-order valence-corrected chi connectivity index (χ0v) is 15.9. The average molecular weight is 350 g/mol. The van der Waals surface area contributed by atoms with Gasteiger partial charge >= 0.3 is 0 Å². The van der Waals surface area contributed by atoms with E-state index in [-0.39, 0.29) is 5.41 Å². The quantitative estimate of drug-likeness (QED) is 0.351. The van der Waals surface area contributed by atoms with Gasteiger partial charge < -0.3 is 4.74 Å². The molecule has 0 spiro atoms. The summed E-state index contributed by atoms with van der Waals surface area (Å²) in [5.41, 5.74) is 5.99. The molecular weight excluding hydrogens is 328 g/mol. The number of rotatable bonds is 1. The fraction of sp³-hybridized carbons (Fsp3) is 0.154. The molecule has 1 aliphatic rings. The fourth-order valence-corrected chi connectivity index (χ4v) is 4.40. The van der Waals surface area contributed by atoms with Crippen LogP contribution in [0.1, 0.15) is 30.5 Å². The van der Waals surface area contributed by atoms with Crippen molar-refractivity contribution in [1.29, 1.82) is 0 Å². The normalized spacial score (nSPS) is 14.3. The van der Waals surface area contributed by atoms with Crippen molar-refractivity contribution in [2.45, 2.75) is 26.2 Å². The van der Waals surface area contributed by atoms with Crippen LogP contribution in [0.25, 0.3) is 21.9 Å². The summed E-state index contributed by atoms with van der Waals surface area (Å²) in [7, 11) is 0. The van der Waals surface area contributed by atoms with Crippen molar-refractivity contribution >= 4 is 10.8 Å². The molecule has 1 heteroatoms. The number of para-hydroxylation sites is 1. The van der Waals surface area contributed by atoms with Crippen molar-refractivity contribution in [2.75, 3.05) is 0 Å². The smallest absolute Gasteiger partial charge is 0.139 e. The van der Waals surface area contributed by atoms with Gasteiger partial charge in [-0.2, -0.15) is 0 Å². The summed E-state index contributed by atoms with van der Waals surface area (Å²) >= 11 is 0. The molecule has 0 bridgehead atoms. The maximum atomic E-state index is 6.55. The van der Waals surface area contributed by atoms with Gasteiger partial charge in [0.15, 0.2) is 0 Å². The van der Waals surface area contributed by atoms with Gasteiger partial charge in [-0.3, -0.25) is 0 Å². The van der Waals surface area contributed by atoms with Crippen molar-refractivity contribution in [3.63, 3.8) is 0 Å². The maximum absolute atomic E-state index is 6.55. The highest BCUT2D eigenvalue weighted by atomic mass is 16.5. The second-order valence-corrected chi connectivity index (χ2v) is 7.94. The second-order valence-electron chi connectivity index (χ2n) is 7.94. The molecule has 0 amide bonds. The highest BCUT2D eigenvalue weighted by Gasteiger charge is 2.36. The van der Waals surface area contributed by atoms with E-state index in [0.29, 0.717) is 0 Å². The first-order chi connectivity index (χ1) is 13.1. The van der Waals surface area contributed by atoms with Gasteiger partial charge in [0.1, 0.15) is 11.5 Å². The van der Waals surface area contributed by atoms with Gasteiger partial charge in [0.05, 0.1) is 0 Å². The number of benzene rings is 4. The topological polar surface area (TPSA) is 9.23 Å². The van der Waals surface area contributed by atoms with Crippen LogP contribution < -0.4 is 4.74 Å². The SMILES string of the molecule is Cc1cccc(-c2cccc3c2Oc2ccc4ccccc4c2C3(C)C)c1. The van der Waals surface area contributed by atoms with Crippen LogP contribution >= 0.6 is 0 Å². The Labute approximate surface area is 160 Å². The Balaban J connectivity index is 1.79. The van der Waals surface area contributed by atoms with Gasteiger partial charge in [-0.15, -0.1) is 0 Å². The molecule has 0 aliphatic carbocycles. The highest BCUT2D eigenvalue weighted by Crippen LogP contribution is 2.53. The molecule has 4 aromatic carbocycles. The predicted molar refractivity (Wildman–Crippen MR) is 113 cm³/mol. The predicted octanol–water partition coefficient (Wildman–Crippen LogP) is 7.25. The Morgan fingerprint density at radius 2 is 1.59 bits per heavy atom. The van der Waals surface area contributed by atoms with E-state index in [2.05, 4.69) is 99.6 Å². The minimum absolute atomic E-state index is 0.135. The summed E-state index contributed by atoms with van der Waals surface area (Å²) in [4.78, 5) is 0. The lowest BCUT2D eigenvalue weighted by Crippen LogP contribution is -2.25. The minimum Gasteiger partial charge on any atom is -0.456 e. The zero-order chi connectivity index (χ0) is 18.6. The van der Waals surface area contributed by atoms with Gasteiger partial charge in [0.25, 0.3) is 0 Å². The molecule has 1 aliphatic heterocycles. The van der Waals surface area contributed by atoms with E-state index in [1.54, 1.807) is 0 Å². The first-order valence-corrected chi connectivity index (χ1v) is 9.46. The number of ether oxygens (including phenoxy) is 1. The van der Waals surface area contributed by atoms with E-state index in [9.17, 15) is 0 Å². The van der Waals surface area contributed by atoms with Crippen LogP contribution in [0, 0.1) is 6.92 Å². The van der Waals surface area contributed by atoms with Crippen molar-refractivity contribution in [1.82, 2.24) is 0 Å². The van der Waals surface area contributed by atoms with Gasteiger partial charge in [-0.05, 0) is 29.3 Å². The second kappa shape index (κ2) is 5.72. The molecule has 0 unspecified atom stereocenters. The third-order valence-corrected chi connectivity index (χ3v) is 5.75. The minimum atomic E-state index is -0.135. The van der Waals surface area contributed by atoms with E-state index < -0.39 is 0 Å². The lowest BCUT2D eigenvalue weighted by atomic mass is 9.73. The first kappa shape index (κ1) is 16.1. The third kappa shape index (κ3) is 2.39. The van der Waals surface area contributed by atoms with Gasteiger partial charge in [-0.25, -0.2) is 0 Å². The lowest BCUT2D eigenvalue weighted by Gasteiger charge is -2.36. The molecular formula is C26H22O. The summed E-state index contributed by atoms with van der Waals surface area (Å²) in [5, 5.41) is 2.53. The molecule has 5 rings (SSSR count). The Morgan fingerprint density at radius 3 is 2.44 bits per heavy atom. The number of hydrogen-bond donors (Lipinski definition) is 0. The monoisotopic (exact) mass is 350 g/mol. The Morgan fingerprint density at radius 1 is 0.778 bits per heavy atom. The number of aryl methyl sites for hydroxylation is 1. The summed E-state index contributed by atoms with van der Waals surface area (Å²) in [6.07, 6.45) is 0. The van der Waals surface area contributed by atoms with E-state index in [4.69, 9.17) is 4.74 Å². The van der Waals surface area contributed by atoms with E-state index in [1.165, 1.54) is 33.0 Å². The molecule has 4 aromatic rings. The van der Waals surface area contributed by atoms with Crippen LogP contribution in [0.4, 0.5) is 0 Å². The van der Waals surface area contributed by atoms with Crippen molar-refractivity contribution in [2.24, 2.45) is 0 Å². The summed E-state index contributed by atoms with van der Waals surface area (Å²) in [6.45, 7) is 6.74. The van der Waals surface area contributed by atoms with E-state index >= 15 is 0 Å². The van der Waals surface area contributed by atoms with Gasteiger partial charge in [0.2, 0.25) is 0 Å². The van der Waals surface area contributed by atoms with Crippen LogP contribution in [0.5, 0.6) is 11.5 Å². The molecule has 0 N–H and O–H groups in total. The van der Waals surface area contributed by atoms with Gasteiger partial charge in [-0.1, -0.05) is 92.2 Å². The molecule has 0 radical (unpaired) electrons. The molecule has 1 nitrogen and oxygen atoms in total. The van der Waals surface area contributed by atoms with E-state index in [1.807, 2.05) is 0 Å². The summed E-state index contributed by atoms with van der Waals surface area (Å²) in [6, 6.07) is 28.0. The summed E-state index contributed by atoms with van der Waals surface area (Å²) in [5.74, 6) is 1.95. The largest absolute Gasteiger partial charge is 0.456 e. The molecule has 0 saturated carbocycles.